The molecule has 2 aromatic carbocycles. The average molecular weight is 479 g/mol. The molecule has 21 heavy (non-hydrogen) atoms. The summed E-state index contributed by atoms with van der Waals surface area (Å²) in [7, 11) is 0. The fourth-order valence-electron chi connectivity index (χ4n) is 1.30. The molecule has 2 amide bonds. The largest absolute Gasteiger partial charge is 2.00 e. The van der Waals surface area contributed by atoms with Crippen molar-refractivity contribution in [1.82, 2.24) is 11.0 Å². The molecule has 0 saturated carbocycles. The van der Waals surface area contributed by atoms with E-state index < -0.39 is 11.8 Å². The van der Waals surface area contributed by atoms with Crippen molar-refractivity contribution in [2.75, 3.05) is 0 Å². The summed E-state index contributed by atoms with van der Waals surface area (Å²) in [6, 6.07) is 16.7. The second-order valence-electron chi connectivity index (χ2n) is 3.59. The zero-order valence-corrected chi connectivity index (χ0v) is 14.8. The Bertz CT molecular complexity index is 498. The zero-order chi connectivity index (χ0) is 14.8. The normalized spacial score (nSPS) is 8.48. The average Bonchev–Trinajstić information content (AvgIpc) is 2.55. The topological polar surface area (TPSA) is 104 Å². The number of amides is 2. The summed E-state index contributed by atoms with van der Waals surface area (Å²) in [6.45, 7) is 0. The van der Waals surface area contributed by atoms with E-state index in [4.69, 9.17) is 0 Å². The second-order valence-corrected chi connectivity index (χ2v) is 3.59. The molecular formula is C14H12N2O4Pb. The number of hydrogen-bond donors (Lipinski definition) is 2. The minimum absolute atomic E-state index is 0. The van der Waals surface area contributed by atoms with Gasteiger partial charge < -0.3 is 21.4 Å². The van der Waals surface area contributed by atoms with E-state index >= 15 is 0 Å². The van der Waals surface area contributed by atoms with Gasteiger partial charge in [-0.1, -0.05) is 36.4 Å². The third-order valence-electron chi connectivity index (χ3n) is 2.26. The molecule has 0 aliphatic carbocycles. The molecule has 0 aromatic heterocycles. The number of benzene rings is 2. The second kappa shape index (κ2) is 10.9. The van der Waals surface area contributed by atoms with Crippen LogP contribution in [0.15, 0.2) is 60.7 Å². The van der Waals surface area contributed by atoms with Gasteiger partial charge in [0.15, 0.2) is 0 Å². The van der Waals surface area contributed by atoms with Gasteiger partial charge in [0.1, 0.15) is 0 Å². The maximum Gasteiger partial charge on any atom is 2.00 e. The molecule has 0 fully saturated rings. The Labute approximate surface area is 141 Å². The maximum absolute atomic E-state index is 10.6. The first-order chi connectivity index (χ1) is 9.69. The number of hydrogen-bond acceptors (Lipinski definition) is 4. The smallest absolute Gasteiger partial charge is 0.759 e. The number of carbonyl (C=O) groups is 2. The van der Waals surface area contributed by atoms with E-state index in [1.807, 2.05) is 0 Å². The minimum Gasteiger partial charge on any atom is -0.759 e. The van der Waals surface area contributed by atoms with Gasteiger partial charge in [-0.15, -0.1) is 0 Å². The molecule has 0 aliphatic heterocycles. The molecular weight excluding hydrogens is 467 g/mol. The predicted octanol–water partition coefficient (Wildman–Crippen LogP) is 1.45. The van der Waals surface area contributed by atoms with Crippen molar-refractivity contribution in [3.05, 3.63) is 82.2 Å². The van der Waals surface area contributed by atoms with E-state index in [0.717, 1.165) is 0 Å². The van der Waals surface area contributed by atoms with Crippen molar-refractivity contribution in [3.8, 4) is 0 Å². The monoisotopic (exact) mass is 480 g/mol. The number of carbonyl (C=O) groups excluding carboxylic acids is 2. The van der Waals surface area contributed by atoms with Crippen molar-refractivity contribution < 1.29 is 9.59 Å². The molecule has 0 unspecified atom stereocenters. The summed E-state index contributed by atoms with van der Waals surface area (Å²) in [4.78, 5) is 21.2. The standard InChI is InChI=1S/2C7H6NO2.Pb/c2*9-7(8-10)6-4-2-1-3-5-6;/h2*1-5H,(H-,8,9,10);/q2*-1;+2. The number of rotatable bonds is 2. The SMILES string of the molecule is O=C(N[O-])c1ccccc1.O=C(N[O-])c1ccccc1.[Pb+2]. The van der Waals surface area contributed by atoms with Gasteiger partial charge in [-0.3, -0.25) is 9.59 Å². The van der Waals surface area contributed by atoms with Gasteiger partial charge in [-0.05, 0) is 24.3 Å². The van der Waals surface area contributed by atoms with E-state index in [2.05, 4.69) is 0 Å². The predicted molar refractivity (Wildman–Crippen MR) is 80.3 cm³/mol. The molecule has 2 aromatic rings. The van der Waals surface area contributed by atoms with Crippen molar-refractivity contribution in [2.45, 2.75) is 0 Å². The molecule has 0 bridgehead atoms. The van der Waals surface area contributed by atoms with Crippen molar-refractivity contribution in [3.63, 3.8) is 0 Å². The van der Waals surface area contributed by atoms with Crippen molar-refractivity contribution in [2.24, 2.45) is 0 Å². The van der Waals surface area contributed by atoms with Crippen molar-refractivity contribution >= 4 is 39.1 Å². The van der Waals surface area contributed by atoms with E-state index in [1.54, 1.807) is 60.7 Å². The maximum atomic E-state index is 10.6. The van der Waals surface area contributed by atoms with Crippen LogP contribution in [0.5, 0.6) is 0 Å². The minimum atomic E-state index is -0.597. The van der Waals surface area contributed by atoms with Crippen LogP contribution in [0.25, 0.3) is 0 Å². The molecule has 2 radical (unpaired) electrons. The summed E-state index contributed by atoms with van der Waals surface area (Å²) in [6.07, 6.45) is 0. The Balaban J connectivity index is 0.000000364. The number of hydroxylamine groups is 2. The molecule has 0 spiro atoms. The van der Waals surface area contributed by atoms with Crippen LogP contribution in [-0.2, 0) is 0 Å². The summed E-state index contributed by atoms with van der Waals surface area (Å²) in [5, 5.41) is 19.7. The van der Waals surface area contributed by atoms with Gasteiger partial charge in [0, 0.05) is 11.1 Å². The molecule has 2 N–H and O–H groups in total. The van der Waals surface area contributed by atoms with Gasteiger partial charge in [-0.2, -0.15) is 0 Å². The Morgan fingerprint density at radius 2 is 0.952 bits per heavy atom. The van der Waals surface area contributed by atoms with E-state index in [9.17, 15) is 20.0 Å². The molecule has 0 saturated heterocycles. The third-order valence-corrected chi connectivity index (χ3v) is 2.26. The van der Waals surface area contributed by atoms with E-state index in [0.29, 0.717) is 11.1 Å². The zero-order valence-electron chi connectivity index (χ0n) is 10.9. The van der Waals surface area contributed by atoms with E-state index in [-0.39, 0.29) is 27.3 Å². The van der Waals surface area contributed by atoms with Crippen LogP contribution in [0.2, 0.25) is 0 Å². The first-order valence-electron chi connectivity index (χ1n) is 5.64. The summed E-state index contributed by atoms with van der Waals surface area (Å²) < 4.78 is 0. The fraction of sp³-hybridized carbons (Fsp3) is 0. The van der Waals surface area contributed by atoms with Gasteiger partial charge in [0.25, 0.3) is 0 Å². The fourth-order valence-corrected chi connectivity index (χ4v) is 1.30. The van der Waals surface area contributed by atoms with Gasteiger partial charge in [-0.25, -0.2) is 0 Å². The van der Waals surface area contributed by atoms with Crippen molar-refractivity contribution in [1.29, 1.82) is 0 Å². The van der Waals surface area contributed by atoms with Gasteiger partial charge >= 0.3 is 27.3 Å². The summed E-state index contributed by atoms with van der Waals surface area (Å²) >= 11 is 0. The van der Waals surface area contributed by atoms with Gasteiger partial charge in [0.2, 0.25) is 11.8 Å². The quantitative estimate of drug-likeness (QED) is 0.503. The molecule has 0 heterocycles. The Morgan fingerprint density at radius 3 is 1.19 bits per heavy atom. The van der Waals surface area contributed by atoms with E-state index in [1.165, 1.54) is 11.0 Å². The molecule has 7 heteroatoms. The molecule has 106 valence electrons. The number of nitrogens with one attached hydrogen (secondary N) is 2. The van der Waals surface area contributed by atoms with Crippen LogP contribution in [0.3, 0.4) is 0 Å². The van der Waals surface area contributed by atoms with Crippen LogP contribution in [-0.4, -0.2) is 39.1 Å². The molecule has 2 rings (SSSR count). The van der Waals surface area contributed by atoms with Crippen LogP contribution in [0, 0.1) is 10.4 Å². The van der Waals surface area contributed by atoms with Gasteiger partial charge in [0.05, 0.1) is 0 Å². The molecule has 0 aliphatic rings. The van der Waals surface area contributed by atoms with Crippen LogP contribution >= 0.6 is 0 Å². The van der Waals surface area contributed by atoms with Crippen LogP contribution in [0.1, 0.15) is 20.7 Å². The molecule has 6 nitrogen and oxygen atoms in total. The first-order valence-corrected chi connectivity index (χ1v) is 5.64. The Hall–Kier alpha value is -1.78. The first kappa shape index (κ1) is 19.2. The molecule has 0 atom stereocenters. The Kier molecular flexibility index (Phi) is 10.0. The third kappa shape index (κ3) is 6.97. The summed E-state index contributed by atoms with van der Waals surface area (Å²) in [5.41, 5.74) is 3.36. The Morgan fingerprint density at radius 1 is 0.667 bits per heavy atom. The van der Waals surface area contributed by atoms with Crippen LogP contribution in [0.4, 0.5) is 0 Å². The van der Waals surface area contributed by atoms with Crippen LogP contribution < -0.4 is 11.0 Å². The summed E-state index contributed by atoms with van der Waals surface area (Å²) in [5.74, 6) is -1.19.